The monoisotopic (exact) mass is 363 g/mol. The molecule has 0 saturated heterocycles. The van der Waals surface area contributed by atoms with Gasteiger partial charge in [-0.3, -0.25) is 10.1 Å². The van der Waals surface area contributed by atoms with Crippen LogP contribution in [0.2, 0.25) is 0 Å². The number of nitro benzene ring substituents is 1. The van der Waals surface area contributed by atoms with Crippen molar-refractivity contribution >= 4 is 17.7 Å². The van der Waals surface area contributed by atoms with E-state index in [0.717, 1.165) is 0 Å². The van der Waals surface area contributed by atoms with Gasteiger partial charge >= 0.3 is 12.0 Å². The highest BCUT2D eigenvalue weighted by Gasteiger charge is 2.32. The van der Waals surface area contributed by atoms with Gasteiger partial charge in [0.2, 0.25) is 0 Å². The quantitative estimate of drug-likeness (QED) is 0.332. The van der Waals surface area contributed by atoms with Crippen LogP contribution in [-0.2, 0) is 14.3 Å². The van der Waals surface area contributed by atoms with Crippen LogP contribution in [0.3, 0.4) is 0 Å². The molecule has 0 aromatic heterocycles. The number of allylic oxidation sites excluding steroid dienone is 1. The molecule has 2 amide bonds. The van der Waals surface area contributed by atoms with Crippen LogP contribution < -0.4 is 10.6 Å². The maximum Gasteiger partial charge on any atom is 0.338 e. The summed E-state index contributed by atoms with van der Waals surface area (Å²) in [6, 6.07) is 4.40. The Balaban J connectivity index is 2.19. The van der Waals surface area contributed by atoms with Crippen molar-refractivity contribution in [1.82, 2.24) is 10.6 Å². The summed E-state index contributed by atoms with van der Waals surface area (Å²) in [5, 5.41) is 16.0. The number of hydrogen-bond donors (Lipinski definition) is 2. The maximum atomic E-state index is 12.5. The Kier molecular flexibility index (Phi) is 6.29. The highest BCUT2D eigenvalue weighted by atomic mass is 16.6. The number of non-ortho nitro benzene ring substituents is 1. The van der Waals surface area contributed by atoms with E-state index < -0.39 is 23.0 Å². The number of carbonyl (C=O) groups is 2. The minimum Gasteiger partial charge on any atom is -0.460 e. The molecule has 0 bridgehead atoms. The number of rotatable bonds is 7. The molecular formula is C17H21N3O6. The normalized spacial score (nSPS) is 16.9. The van der Waals surface area contributed by atoms with Crippen molar-refractivity contribution in [3.05, 3.63) is 51.2 Å². The van der Waals surface area contributed by atoms with Crippen molar-refractivity contribution in [3.63, 3.8) is 0 Å². The van der Waals surface area contributed by atoms with Gasteiger partial charge in [0, 0.05) is 17.8 Å². The maximum absolute atomic E-state index is 12.5. The number of nitro groups is 1. The predicted molar refractivity (Wildman–Crippen MR) is 92.3 cm³/mol. The van der Waals surface area contributed by atoms with Crippen LogP contribution in [0, 0.1) is 10.1 Å². The predicted octanol–water partition coefficient (Wildman–Crippen LogP) is 2.19. The SMILES string of the molecule is CC1=C(C(=O)OCCOC(C)C)C(c2ccc([N+](=O)[O-])cc2)NC(=O)N1. The zero-order valence-corrected chi connectivity index (χ0v) is 14.8. The van der Waals surface area contributed by atoms with Crippen LogP contribution in [0.25, 0.3) is 0 Å². The number of esters is 1. The van der Waals surface area contributed by atoms with Gasteiger partial charge in [-0.05, 0) is 38.5 Å². The number of nitrogens with one attached hydrogen (secondary N) is 2. The van der Waals surface area contributed by atoms with Gasteiger partial charge in [0.15, 0.2) is 0 Å². The third-order valence-corrected chi connectivity index (χ3v) is 3.69. The molecule has 9 heteroatoms. The Morgan fingerprint density at radius 1 is 1.27 bits per heavy atom. The van der Waals surface area contributed by atoms with Crippen LogP contribution >= 0.6 is 0 Å². The summed E-state index contributed by atoms with van der Waals surface area (Å²) in [4.78, 5) is 34.6. The van der Waals surface area contributed by atoms with Crippen molar-refractivity contribution in [2.45, 2.75) is 32.9 Å². The Bertz CT molecular complexity index is 727. The summed E-state index contributed by atoms with van der Waals surface area (Å²) >= 11 is 0. The number of amides is 2. The highest BCUT2D eigenvalue weighted by molar-refractivity contribution is 5.95. The van der Waals surface area contributed by atoms with Crippen molar-refractivity contribution in [2.24, 2.45) is 0 Å². The summed E-state index contributed by atoms with van der Waals surface area (Å²) in [5.74, 6) is -0.592. The first-order valence-electron chi connectivity index (χ1n) is 8.11. The lowest BCUT2D eigenvalue weighted by Gasteiger charge is -2.28. The van der Waals surface area contributed by atoms with Gasteiger partial charge in [0.1, 0.15) is 6.61 Å². The largest absolute Gasteiger partial charge is 0.460 e. The van der Waals surface area contributed by atoms with Crippen LogP contribution in [0.4, 0.5) is 10.5 Å². The summed E-state index contributed by atoms with van der Waals surface area (Å²) in [6.07, 6.45) is 0.0261. The Morgan fingerprint density at radius 2 is 1.92 bits per heavy atom. The summed E-state index contributed by atoms with van der Waals surface area (Å²) in [5.41, 5.74) is 1.06. The molecule has 140 valence electrons. The fraction of sp³-hybridized carbons (Fsp3) is 0.412. The van der Waals surface area contributed by atoms with Gasteiger partial charge in [-0.1, -0.05) is 0 Å². The molecule has 1 aromatic rings. The molecular weight excluding hydrogens is 342 g/mol. The van der Waals surface area contributed by atoms with Crippen LogP contribution in [0.5, 0.6) is 0 Å². The molecule has 1 heterocycles. The lowest BCUT2D eigenvalue weighted by atomic mass is 9.95. The second-order valence-corrected chi connectivity index (χ2v) is 5.97. The molecule has 2 N–H and O–H groups in total. The van der Waals surface area contributed by atoms with E-state index in [-0.39, 0.29) is 30.6 Å². The van der Waals surface area contributed by atoms with E-state index >= 15 is 0 Å². The Morgan fingerprint density at radius 3 is 2.50 bits per heavy atom. The van der Waals surface area contributed by atoms with E-state index in [9.17, 15) is 19.7 Å². The molecule has 1 aromatic carbocycles. The van der Waals surface area contributed by atoms with Crippen molar-refractivity contribution < 1.29 is 24.0 Å². The van der Waals surface area contributed by atoms with E-state index in [1.165, 1.54) is 24.3 Å². The second-order valence-electron chi connectivity index (χ2n) is 5.97. The minimum atomic E-state index is -0.761. The molecule has 9 nitrogen and oxygen atoms in total. The van der Waals surface area contributed by atoms with Crippen LogP contribution in [0.1, 0.15) is 32.4 Å². The zero-order chi connectivity index (χ0) is 19.3. The Hall–Kier alpha value is -2.94. The van der Waals surface area contributed by atoms with Gasteiger partial charge in [0.25, 0.3) is 5.69 Å². The summed E-state index contributed by atoms with van der Waals surface area (Å²) in [6.45, 7) is 5.68. The topological polar surface area (TPSA) is 120 Å². The molecule has 1 unspecified atom stereocenters. The first-order chi connectivity index (χ1) is 12.3. The average molecular weight is 363 g/mol. The molecule has 0 saturated carbocycles. The molecule has 26 heavy (non-hydrogen) atoms. The van der Waals surface area contributed by atoms with Crippen molar-refractivity contribution in [3.8, 4) is 0 Å². The number of nitrogens with zero attached hydrogens (tertiary/aromatic N) is 1. The van der Waals surface area contributed by atoms with Gasteiger partial charge in [0.05, 0.1) is 29.2 Å². The molecule has 0 radical (unpaired) electrons. The summed E-state index contributed by atoms with van der Waals surface area (Å²) in [7, 11) is 0. The number of hydrogen-bond acceptors (Lipinski definition) is 6. The van der Waals surface area contributed by atoms with Gasteiger partial charge in [-0.25, -0.2) is 9.59 Å². The molecule has 1 atom stereocenters. The number of carbonyl (C=O) groups excluding carboxylic acids is 2. The summed E-state index contributed by atoms with van der Waals surface area (Å²) < 4.78 is 10.6. The third-order valence-electron chi connectivity index (χ3n) is 3.69. The van der Waals surface area contributed by atoms with Crippen LogP contribution in [0.15, 0.2) is 35.5 Å². The van der Waals surface area contributed by atoms with Crippen molar-refractivity contribution in [2.75, 3.05) is 13.2 Å². The molecule has 0 spiro atoms. The van der Waals surface area contributed by atoms with Crippen molar-refractivity contribution in [1.29, 1.82) is 0 Å². The van der Waals surface area contributed by atoms with Gasteiger partial charge in [-0.15, -0.1) is 0 Å². The standard InChI is InChI=1S/C17H21N3O6/c1-10(2)25-8-9-26-16(21)14-11(3)18-17(22)19-15(14)12-4-6-13(7-5-12)20(23)24/h4-7,10,15H,8-9H2,1-3H3,(H2,18,19,22). The lowest BCUT2D eigenvalue weighted by molar-refractivity contribution is -0.384. The fourth-order valence-electron chi connectivity index (χ4n) is 2.50. The smallest absolute Gasteiger partial charge is 0.338 e. The number of urea groups is 1. The van der Waals surface area contributed by atoms with E-state index in [2.05, 4.69) is 10.6 Å². The number of ether oxygens (including phenoxy) is 2. The highest BCUT2D eigenvalue weighted by Crippen LogP contribution is 2.28. The minimum absolute atomic E-state index is 0.0261. The first kappa shape index (κ1) is 19.4. The third kappa shape index (κ3) is 4.79. The lowest BCUT2D eigenvalue weighted by Crippen LogP contribution is -2.45. The molecule has 0 aliphatic carbocycles. The number of benzene rings is 1. The average Bonchev–Trinajstić information content (AvgIpc) is 2.57. The molecule has 2 rings (SSSR count). The zero-order valence-electron chi connectivity index (χ0n) is 14.8. The molecule has 0 fully saturated rings. The van der Waals surface area contributed by atoms with Crippen LogP contribution in [-0.4, -0.2) is 36.2 Å². The van der Waals surface area contributed by atoms with Gasteiger partial charge in [-0.2, -0.15) is 0 Å². The first-order valence-corrected chi connectivity index (χ1v) is 8.11. The van der Waals surface area contributed by atoms with E-state index in [1.807, 2.05) is 13.8 Å². The second kappa shape index (κ2) is 8.43. The van der Waals surface area contributed by atoms with E-state index in [1.54, 1.807) is 6.92 Å². The van der Waals surface area contributed by atoms with E-state index in [0.29, 0.717) is 11.3 Å². The molecule has 1 aliphatic heterocycles. The molecule has 1 aliphatic rings. The Labute approximate surface area is 150 Å². The van der Waals surface area contributed by atoms with E-state index in [4.69, 9.17) is 9.47 Å². The fourth-order valence-corrected chi connectivity index (χ4v) is 2.50. The van der Waals surface area contributed by atoms with Gasteiger partial charge < -0.3 is 20.1 Å².